The lowest BCUT2D eigenvalue weighted by molar-refractivity contribution is 0.410. The van der Waals surface area contributed by atoms with E-state index in [9.17, 15) is 0 Å². The lowest BCUT2D eigenvalue weighted by atomic mass is 10.2. The number of guanidine groups is 1. The van der Waals surface area contributed by atoms with E-state index in [-0.39, 0.29) is 0 Å². The Morgan fingerprint density at radius 1 is 1.56 bits per heavy atom. The lowest BCUT2D eigenvalue weighted by Crippen LogP contribution is -2.42. The molecular formula is C11H16N4O. The van der Waals surface area contributed by atoms with Gasteiger partial charge in [-0.15, -0.1) is 0 Å². The van der Waals surface area contributed by atoms with Crippen molar-refractivity contribution in [1.29, 1.82) is 0 Å². The van der Waals surface area contributed by atoms with E-state index in [4.69, 9.17) is 4.52 Å². The van der Waals surface area contributed by atoms with E-state index in [1.807, 2.05) is 6.07 Å². The predicted molar refractivity (Wildman–Crippen MR) is 62.0 cm³/mol. The van der Waals surface area contributed by atoms with Crippen molar-refractivity contribution >= 4 is 5.96 Å². The Bertz CT molecular complexity index is 361. The van der Waals surface area contributed by atoms with E-state index >= 15 is 0 Å². The maximum atomic E-state index is 4.75. The van der Waals surface area contributed by atoms with E-state index in [1.54, 1.807) is 13.3 Å². The fraction of sp³-hybridized carbons (Fsp3) is 0.455. The molecule has 1 aliphatic carbocycles. The minimum atomic E-state index is 0.462. The molecule has 2 rings (SSSR count). The summed E-state index contributed by atoms with van der Waals surface area (Å²) in [4.78, 5) is 4.16. The van der Waals surface area contributed by atoms with Gasteiger partial charge in [0.2, 0.25) is 0 Å². The third kappa shape index (κ3) is 2.85. The second-order valence-corrected chi connectivity index (χ2v) is 3.70. The van der Waals surface area contributed by atoms with E-state index in [0.717, 1.165) is 24.5 Å². The Morgan fingerprint density at radius 3 is 3.00 bits per heavy atom. The Balaban J connectivity index is 1.77. The van der Waals surface area contributed by atoms with E-state index in [0.29, 0.717) is 12.6 Å². The fourth-order valence-electron chi connectivity index (χ4n) is 1.63. The van der Waals surface area contributed by atoms with Gasteiger partial charge in [-0.05, 0) is 12.8 Å². The molecule has 0 saturated carbocycles. The van der Waals surface area contributed by atoms with Crippen LogP contribution in [0.3, 0.4) is 0 Å². The van der Waals surface area contributed by atoms with Gasteiger partial charge in [-0.25, -0.2) is 0 Å². The van der Waals surface area contributed by atoms with Gasteiger partial charge in [-0.2, -0.15) is 0 Å². The zero-order chi connectivity index (χ0) is 11.2. The number of aliphatic imine (C=N–C) groups is 1. The van der Waals surface area contributed by atoms with Gasteiger partial charge in [-0.3, -0.25) is 4.99 Å². The van der Waals surface area contributed by atoms with E-state index < -0.39 is 0 Å². The first-order valence-corrected chi connectivity index (χ1v) is 5.40. The minimum absolute atomic E-state index is 0.462. The smallest absolute Gasteiger partial charge is 0.191 e. The highest BCUT2D eigenvalue weighted by atomic mass is 16.5. The summed E-state index contributed by atoms with van der Waals surface area (Å²) in [6.45, 7) is 0.621. The highest BCUT2D eigenvalue weighted by molar-refractivity contribution is 5.79. The summed E-state index contributed by atoms with van der Waals surface area (Å²) in [5.41, 5.74) is 0.868. The van der Waals surface area contributed by atoms with Gasteiger partial charge >= 0.3 is 0 Å². The largest absolute Gasteiger partial charge is 0.364 e. The van der Waals surface area contributed by atoms with Crippen molar-refractivity contribution in [2.45, 2.75) is 25.4 Å². The molecule has 1 aromatic heterocycles. The third-order valence-electron chi connectivity index (χ3n) is 2.50. The molecule has 0 saturated heterocycles. The van der Waals surface area contributed by atoms with Crippen LogP contribution in [0.4, 0.5) is 0 Å². The average molecular weight is 220 g/mol. The Kier molecular flexibility index (Phi) is 3.58. The average Bonchev–Trinajstić information content (AvgIpc) is 2.97. The second-order valence-electron chi connectivity index (χ2n) is 3.70. The van der Waals surface area contributed by atoms with Crippen molar-refractivity contribution in [1.82, 2.24) is 15.8 Å². The summed E-state index contributed by atoms with van der Waals surface area (Å²) in [6.07, 6.45) is 8.05. The zero-order valence-corrected chi connectivity index (χ0v) is 9.31. The quantitative estimate of drug-likeness (QED) is 0.454. The molecule has 5 heteroatoms. The van der Waals surface area contributed by atoms with Gasteiger partial charge in [0, 0.05) is 19.2 Å². The molecule has 0 fully saturated rings. The van der Waals surface area contributed by atoms with Crippen LogP contribution < -0.4 is 10.6 Å². The van der Waals surface area contributed by atoms with Crippen molar-refractivity contribution < 1.29 is 4.52 Å². The fourth-order valence-corrected chi connectivity index (χ4v) is 1.63. The summed E-state index contributed by atoms with van der Waals surface area (Å²) >= 11 is 0. The van der Waals surface area contributed by atoms with Gasteiger partial charge in [0.1, 0.15) is 12.0 Å². The molecule has 1 aromatic rings. The summed E-state index contributed by atoms with van der Waals surface area (Å²) in [5, 5.41) is 10.4. The molecular weight excluding hydrogens is 204 g/mol. The molecule has 0 unspecified atom stereocenters. The molecule has 0 atom stereocenters. The van der Waals surface area contributed by atoms with Crippen LogP contribution in [0.15, 0.2) is 34.0 Å². The normalized spacial score (nSPS) is 16.7. The van der Waals surface area contributed by atoms with E-state index in [1.165, 1.54) is 0 Å². The number of nitrogens with one attached hydrogen (secondary N) is 2. The van der Waals surface area contributed by atoms with Crippen molar-refractivity contribution in [3.05, 3.63) is 30.2 Å². The predicted octanol–water partition coefficient (Wildman–Crippen LogP) is 1.06. The van der Waals surface area contributed by atoms with Crippen molar-refractivity contribution in [2.24, 2.45) is 4.99 Å². The van der Waals surface area contributed by atoms with Crippen molar-refractivity contribution in [3.63, 3.8) is 0 Å². The van der Waals surface area contributed by atoms with E-state index in [2.05, 4.69) is 32.9 Å². The molecule has 1 heterocycles. The molecule has 0 aromatic carbocycles. The molecule has 0 radical (unpaired) electrons. The second kappa shape index (κ2) is 5.34. The van der Waals surface area contributed by atoms with Crippen LogP contribution in [-0.4, -0.2) is 24.2 Å². The van der Waals surface area contributed by atoms with Gasteiger partial charge in [-0.1, -0.05) is 17.3 Å². The van der Waals surface area contributed by atoms with Gasteiger partial charge in [0.15, 0.2) is 5.96 Å². The molecule has 16 heavy (non-hydrogen) atoms. The Labute approximate surface area is 94.6 Å². The Morgan fingerprint density at radius 2 is 2.38 bits per heavy atom. The minimum Gasteiger partial charge on any atom is -0.364 e. The first kappa shape index (κ1) is 10.7. The molecule has 2 N–H and O–H groups in total. The van der Waals surface area contributed by atoms with Crippen LogP contribution in [0.1, 0.15) is 18.5 Å². The summed E-state index contributed by atoms with van der Waals surface area (Å²) < 4.78 is 4.75. The molecule has 0 aliphatic heterocycles. The third-order valence-corrected chi connectivity index (χ3v) is 2.50. The molecule has 0 spiro atoms. The van der Waals surface area contributed by atoms with Crippen molar-refractivity contribution in [2.75, 3.05) is 7.05 Å². The molecule has 5 nitrogen and oxygen atoms in total. The zero-order valence-electron chi connectivity index (χ0n) is 9.31. The number of hydrogen-bond donors (Lipinski definition) is 2. The number of nitrogens with zero attached hydrogens (tertiary/aromatic N) is 2. The van der Waals surface area contributed by atoms with Gasteiger partial charge < -0.3 is 15.2 Å². The van der Waals surface area contributed by atoms with Gasteiger partial charge in [0.25, 0.3) is 0 Å². The topological polar surface area (TPSA) is 62.5 Å². The first-order chi connectivity index (χ1) is 7.88. The maximum Gasteiger partial charge on any atom is 0.191 e. The standard InChI is InChI=1S/C11H16N4O/c1-12-11(14-9-4-2-3-5-9)13-8-10-6-7-16-15-10/h2-3,6-7,9H,4-5,8H2,1H3,(H2,12,13,14). The molecule has 1 aliphatic rings. The van der Waals surface area contributed by atoms with Crippen LogP contribution in [0.25, 0.3) is 0 Å². The van der Waals surface area contributed by atoms with Crippen LogP contribution in [-0.2, 0) is 6.54 Å². The van der Waals surface area contributed by atoms with Crippen LogP contribution >= 0.6 is 0 Å². The van der Waals surface area contributed by atoms with Crippen LogP contribution in [0.2, 0.25) is 0 Å². The SMILES string of the molecule is CN=C(NCc1ccon1)NC1CC=CC1. The van der Waals surface area contributed by atoms with Crippen molar-refractivity contribution in [3.8, 4) is 0 Å². The summed E-state index contributed by atoms with van der Waals surface area (Å²) in [7, 11) is 1.76. The number of rotatable bonds is 3. The van der Waals surface area contributed by atoms with Gasteiger partial charge in [0.05, 0.1) is 6.54 Å². The first-order valence-electron chi connectivity index (χ1n) is 5.40. The summed E-state index contributed by atoms with van der Waals surface area (Å²) in [6, 6.07) is 2.29. The van der Waals surface area contributed by atoms with Crippen LogP contribution in [0.5, 0.6) is 0 Å². The maximum absolute atomic E-state index is 4.75. The molecule has 86 valence electrons. The number of aromatic nitrogens is 1. The lowest BCUT2D eigenvalue weighted by Gasteiger charge is -2.16. The summed E-state index contributed by atoms with van der Waals surface area (Å²) in [5.74, 6) is 0.803. The highest BCUT2D eigenvalue weighted by Crippen LogP contribution is 2.08. The Hall–Kier alpha value is -1.78. The molecule has 0 amide bonds. The number of hydrogen-bond acceptors (Lipinski definition) is 3. The molecule has 0 bridgehead atoms. The van der Waals surface area contributed by atoms with Crippen LogP contribution in [0, 0.1) is 0 Å². The highest BCUT2D eigenvalue weighted by Gasteiger charge is 2.11. The monoisotopic (exact) mass is 220 g/mol.